The zero-order valence-electron chi connectivity index (χ0n) is 15.5. The molecule has 1 aromatic rings. The molecule has 2 rings (SSSR count). The van der Waals surface area contributed by atoms with Gasteiger partial charge in [-0.1, -0.05) is 11.6 Å². The highest BCUT2D eigenvalue weighted by Gasteiger charge is 2.33. The smallest absolute Gasteiger partial charge is 0.417 e. The molecule has 28 heavy (non-hydrogen) atoms. The molecule has 0 aliphatic carbocycles. The van der Waals surface area contributed by atoms with Crippen LogP contribution < -0.4 is 10.2 Å². The van der Waals surface area contributed by atoms with E-state index in [2.05, 4.69) is 10.3 Å². The molecule has 0 bridgehead atoms. The van der Waals surface area contributed by atoms with Crippen molar-refractivity contribution in [1.82, 2.24) is 10.3 Å². The summed E-state index contributed by atoms with van der Waals surface area (Å²) >= 11 is 5.98. The molecule has 2 heterocycles. The molecular weight excluding hydrogens is 399 g/mol. The van der Waals surface area contributed by atoms with Gasteiger partial charge in [-0.25, -0.2) is 4.98 Å². The third kappa shape index (κ3) is 6.25. The van der Waals surface area contributed by atoms with Gasteiger partial charge in [0.1, 0.15) is 5.82 Å². The van der Waals surface area contributed by atoms with Crippen molar-refractivity contribution >= 4 is 29.3 Å². The van der Waals surface area contributed by atoms with E-state index in [1.54, 1.807) is 11.8 Å². The Hall–Kier alpha value is -2.03. The van der Waals surface area contributed by atoms with E-state index < -0.39 is 11.7 Å². The zero-order valence-corrected chi connectivity index (χ0v) is 16.3. The van der Waals surface area contributed by atoms with Crippen LogP contribution in [0.4, 0.5) is 19.0 Å². The van der Waals surface area contributed by atoms with E-state index in [0.717, 1.165) is 12.3 Å². The SMILES string of the molecule is CCOC(=O)CCCNC(=O)C1CCN(c2ncc(C(F)(F)F)cc2Cl)CC1. The molecular formula is C18H23ClF3N3O3. The van der Waals surface area contributed by atoms with E-state index in [9.17, 15) is 22.8 Å². The van der Waals surface area contributed by atoms with Gasteiger partial charge >= 0.3 is 12.1 Å². The van der Waals surface area contributed by atoms with E-state index in [1.807, 2.05) is 0 Å². The average Bonchev–Trinajstić information content (AvgIpc) is 2.64. The summed E-state index contributed by atoms with van der Waals surface area (Å²) in [5.74, 6) is -0.268. The van der Waals surface area contributed by atoms with E-state index in [0.29, 0.717) is 51.3 Å². The number of hydrogen-bond donors (Lipinski definition) is 1. The second-order valence-corrected chi connectivity index (χ2v) is 6.90. The topological polar surface area (TPSA) is 71.5 Å². The summed E-state index contributed by atoms with van der Waals surface area (Å²) in [7, 11) is 0. The molecule has 1 N–H and O–H groups in total. The lowest BCUT2D eigenvalue weighted by atomic mass is 9.96. The summed E-state index contributed by atoms with van der Waals surface area (Å²) in [5.41, 5.74) is -0.890. The monoisotopic (exact) mass is 421 g/mol. The largest absolute Gasteiger partial charge is 0.466 e. The molecule has 1 fully saturated rings. The number of nitrogens with one attached hydrogen (secondary N) is 1. The van der Waals surface area contributed by atoms with Gasteiger partial charge in [-0.05, 0) is 32.3 Å². The van der Waals surface area contributed by atoms with Gasteiger partial charge in [0.2, 0.25) is 5.91 Å². The third-order valence-electron chi connectivity index (χ3n) is 4.48. The van der Waals surface area contributed by atoms with Gasteiger partial charge in [0, 0.05) is 38.2 Å². The summed E-state index contributed by atoms with van der Waals surface area (Å²) < 4.78 is 42.9. The molecule has 1 amide bonds. The van der Waals surface area contributed by atoms with Gasteiger partial charge in [-0.2, -0.15) is 13.2 Å². The minimum Gasteiger partial charge on any atom is -0.466 e. The van der Waals surface area contributed by atoms with Crippen LogP contribution in [0.2, 0.25) is 5.02 Å². The summed E-state index contributed by atoms with van der Waals surface area (Å²) in [6.07, 6.45) is -1.87. The minimum atomic E-state index is -4.49. The number of carbonyl (C=O) groups excluding carboxylic acids is 2. The Balaban J connectivity index is 1.79. The summed E-state index contributed by atoms with van der Waals surface area (Å²) in [6.45, 7) is 3.41. The number of alkyl halides is 3. The van der Waals surface area contributed by atoms with Gasteiger partial charge < -0.3 is 15.0 Å². The Kier molecular flexibility index (Phi) is 7.91. The Bertz CT molecular complexity index is 692. The van der Waals surface area contributed by atoms with Gasteiger partial charge in [0.15, 0.2) is 0 Å². The molecule has 0 unspecified atom stereocenters. The van der Waals surface area contributed by atoms with Gasteiger partial charge in [-0.15, -0.1) is 0 Å². The van der Waals surface area contributed by atoms with Crippen LogP contribution in [0, 0.1) is 5.92 Å². The fraction of sp³-hybridized carbons (Fsp3) is 0.611. The second-order valence-electron chi connectivity index (χ2n) is 6.49. The van der Waals surface area contributed by atoms with Crippen molar-refractivity contribution in [3.05, 3.63) is 22.8 Å². The predicted octanol–water partition coefficient (Wildman–Crippen LogP) is 3.43. The highest BCUT2D eigenvalue weighted by molar-refractivity contribution is 6.33. The molecule has 0 atom stereocenters. The number of pyridine rings is 1. The number of halogens is 4. The average molecular weight is 422 g/mol. The lowest BCUT2D eigenvalue weighted by Crippen LogP contribution is -2.41. The quantitative estimate of drug-likeness (QED) is 0.539. The maximum absolute atomic E-state index is 12.7. The first-order valence-corrected chi connectivity index (χ1v) is 9.51. The van der Waals surface area contributed by atoms with Crippen molar-refractivity contribution in [3.8, 4) is 0 Å². The predicted molar refractivity (Wildman–Crippen MR) is 98.1 cm³/mol. The van der Waals surface area contributed by atoms with Crippen molar-refractivity contribution in [2.24, 2.45) is 5.92 Å². The molecule has 0 saturated carbocycles. The second kappa shape index (κ2) is 9.95. The highest BCUT2D eigenvalue weighted by atomic mass is 35.5. The summed E-state index contributed by atoms with van der Waals surface area (Å²) in [4.78, 5) is 29.1. The summed E-state index contributed by atoms with van der Waals surface area (Å²) in [5, 5.41) is 2.75. The van der Waals surface area contributed by atoms with Crippen molar-refractivity contribution in [1.29, 1.82) is 0 Å². The van der Waals surface area contributed by atoms with E-state index in [1.165, 1.54) is 0 Å². The van der Waals surface area contributed by atoms with Crippen molar-refractivity contribution in [2.75, 3.05) is 31.1 Å². The molecule has 10 heteroatoms. The van der Waals surface area contributed by atoms with E-state index >= 15 is 0 Å². The molecule has 0 radical (unpaired) electrons. The number of rotatable bonds is 7. The number of carbonyl (C=O) groups is 2. The first-order valence-electron chi connectivity index (χ1n) is 9.13. The number of ether oxygens (including phenoxy) is 1. The standard InChI is InChI=1S/C18H23ClF3N3O3/c1-2-28-15(26)4-3-7-23-17(27)12-5-8-25(9-6-12)16-14(19)10-13(11-24-16)18(20,21)22/h10-12H,2-9H2,1H3,(H,23,27). The summed E-state index contributed by atoms with van der Waals surface area (Å²) in [6, 6.07) is 0.867. The van der Waals surface area contributed by atoms with Gasteiger partial charge in [0.25, 0.3) is 0 Å². The number of aromatic nitrogens is 1. The number of piperidine rings is 1. The van der Waals surface area contributed by atoms with Crippen LogP contribution in [0.1, 0.15) is 38.2 Å². The number of amides is 1. The Morgan fingerprint density at radius 3 is 2.61 bits per heavy atom. The molecule has 1 aliphatic heterocycles. The number of hydrogen-bond acceptors (Lipinski definition) is 5. The lowest BCUT2D eigenvalue weighted by molar-refractivity contribution is -0.143. The Labute approximate surface area is 166 Å². The first kappa shape index (κ1) is 22.3. The van der Waals surface area contributed by atoms with Gasteiger partial charge in [0.05, 0.1) is 17.2 Å². The highest BCUT2D eigenvalue weighted by Crippen LogP contribution is 2.34. The first-order chi connectivity index (χ1) is 13.2. The zero-order chi connectivity index (χ0) is 20.7. The maximum Gasteiger partial charge on any atom is 0.417 e. The Morgan fingerprint density at radius 1 is 1.36 bits per heavy atom. The Morgan fingerprint density at radius 2 is 2.04 bits per heavy atom. The van der Waals surface area contributed by atoms with E-state index in [4.69, 9.17) is 16.3 Å². The maximum atomic E-state index is 12.7. The van der Waals surface area contributed by atoms with Crippen LogP contribution in [0.5, 0.6) is 0 Å². The van der Waals surface area contributed by atoms with Gasteiger partial charge in [-0.3, -0.25) is 9.59 Å². The third-order valence-corrected chi connectivity index (χ3v) is 4.75. The fourth-order valence-corrected chi connectivity index (χ4v) is 3.28. The molecule has 0 aromatic carbocycles. The van der Waals surface area contributed by atoms with Crippen LogP contribution in [0.3, 0.4) is 0 Å². The lowest BCUT2D eigenvalue weighted by Gasteiger charge is -2.32. The van der Waals surface area contributed by atoms with Crippen LogP contribution in [0.25, 0.3) is 0 Å². The number of nitrogens with zero attached hydrogens (tertiary/aromatic N) is 2. The van der Waals surface area contributed by atoms with Crippen LogP contribution in [0.15, 0.2) is 12.3 Å². The number of anilines is 1. The fourth-order valence-electron chi connectivity index (χ4n) is 2.99. The van der Waals surface area contributed by atoms with Crippen molar-refractivity contribution in [3.63, 3.8) is 0 Å². The van der Waals surface area contributed by atoms with E-state index in [-0.39, 0.29) is 29.2 Å². The van der Waals surface area contributed by atoms with Crippen molar-refractivity contribution < 1.29 is 27.5 Å². The van der Waals surface area contributed by atoms with Crippen LogP contribution >= 0.6 is 11.6 Å². The van der Waals surface area contributed by atoms with Crippen LogP contribution in [-0.4, -0.2) is 43.1 Å². The normalized spacial score (nSPS) is 15.4. The molecule has 0 spiro atoms. The molecule has 156 valence electrons. The minimum absolute atomic E-state index is 0.0586. The molecule has 1 aromatic heterocycles. The van der Waals surface area contributed by atoms with Crippen molar-refractivity contribution in [2.45, 2.75) is 38.8 Å². The molecule has 1 aliphatic rings. The molecule has 6 nitrogen and oxygen atoms in total. The van der Waals surface area contributed by atoms with Crippen LogP contribution in [-0.2, 0) is 20.5 Å². The molecule has 1 saturated heterocycles. The number of esters is 1.